The third kappa shape index (κ3) is 2.83. The first-order chi connectivity index (χ1) is 13.6. The Hall–Kier alpha value is -2.90. The fourth-order valence-corrected chi connectivity index (χ4v) is 5.21. The molecule has 6 rings (SSSR count). The maximum absolute atomic E-state index is 13.6. The number of H-pyrrole nitrogens is 1. The molecule has 0 saturated heterocycles. The summed E-state index contributed by atoms with van der Waals surface area (Å²) in [6, 6.07) is 1.39. The SMILES string of the molecule is O=C(O)[C@@H]1C2CCC(CC2)[C@H]1Cc1cnnc(-c2c[nH]c3ncc(F)cc23)n1. The van der Waals surface area contributed by atoms with Crippen molar-refractivity contribution in [2.75, 3.05) is 0 Å². The summed E-state index contributed by atoms with van der Waals surface area (Å²) in [5.74, 6) is -0.266. The Morgan fingerprint density at radius 3 is 2.79 bits per heavy atom. The number of hydrogen-bond donors (Lipinski definition) is 2. The van der Waals surface area contributed by atoms with Gasteiger partial charge in [0.25, 0.3) is 0 Å². The van der Waals surface area contributed by atoms with Gasteiger partial charge in [-0.25, -0.2) is 14.4 Å². The summed E-state index contributed by atoms with van der Waals surface area (Å²) in [7, 11) is 0. The van der Waals surface area contributed by atoms with E-state index in [2.05, 4.69) is 25.1 Å². The summed E-state index contributed by atoms with van der Waals surface area (Å²) in [4.78, 5) is 23.5. The third-order valence-corrected chi connectivity index (χ3v) is 6.47. The summed E-state index contributed by atoms with van der Waals surface area (Å²) in [5.41, 5.74) is 1.92. The second-order valence-corrected chi connectivity index (χ2v) is 7.93. The Balaban J connectivity index is 1.47. The van der Waals surface area contributed by atoms with Crippen LogP contribution in [-0.4, -0.2) is 36.2 Å². The molecule has 8 heteroatoms. The third-order valence-electron chi connectivity index (χ3n) is 6.47. The quantitative estimate of drug-likeness (QED) is 0.719. The number of nitrogens with zero attached hydrogens (tertiary/aromatic N) is 4. The number of rotatable bonds is 4. The van der Waals surface area contributed by atoms with Crippen LogP contribution < -0.4 is 0 Å². The number of aliphatic carboxylic acids is 1. The molecule has 3 aromatic heterocycles. The average Bonchev–Trinajstić information content (AvgIpc) is 3.12. The Kier molecular flexibility index (Phi) is 4.07. The molecular weight excluding hydrogens is 361 g/mol. The van der Waals surface area contributed by atoms with Crippen LogP contribution in [0.1, 0.15) is 31.4 Å². The minimum atomic E-state index is -0.695. The van der Waals surface area contributed by atoms with Crippen molar-refractivity contribution in [3.8, 4) is 11.4 Å². The molecule has 0 amide bonds. The Morgan fingerprint density at radius 1 is 1.21 bits per heavy atom. The number of aromatic nitrogens is 5. The van der Waals surface area contributed by atoms with Gasteiger partial charge in [0.1, 0.15) is 11.5 Å². The fourth-order valence-electron chi connectivity index (χ4n) is 5.21. The van der Waals surface area contributed by atoms with Gasteiger partial charge in [-0.05, 0) is 55.9 Å². The molecule has 0 unspecified atom stereocenters. The van der Waals surface area contributed by atoms with Gasteiger partial charge < -0.3 is 10.1 Å². The van der Waals surface area contributed by atoms with Crippen molar-refractivity contribution in [1.29, 1.82) is 0 Å². The molecule has 3 aliphatic rings. The van der Waals surface area contributed by atoms with E-state index in [1.807, 2.05) is 0 Å². The van der Waals surface area contributed by atoms with E-state index in [-0.39, 0.29) is 17.8 Å². The number of hydrogen-bond acceptors (Lipinski definition) is 5. The van der Waals surface area contributed by atoms with E-state index in [0.717, 1.165) is 37.6 Å². The van der Waals surface area contributed by atoms with Gasteiger partial charge in [-0.1, -0.05) is 0 Å². The van der Waals surface area contributed by atoms with Gasteiger partial charge in [0.2, 0.25) is 0 Å². The van der Waals surface area contributed by atoms with Gasteiger partial charge in [-0.3, -0.25) is 4.79 Å². The highest BCUT2D eigenvalue weighted by Gasteiger charge is 2.47. The molecule has 2 bridgehead atoms. The lowest BCUT2D eigenvalue weighted by atomic mass is 9.57. The molecule has 3 saturated carbocycles. The van der Waals surface area contributed by atoms with Crippen LogP contribution in [0, 0.1) is 29.5 Å². The van der Waals surface area contributed by atoms with Gasteiger partial charge in [-0.15, -0.1) is 5.10 Å². The summed E-state index contributed by atoms with van der Waals surface area (Å²) >= 11 is 0. The van der Waals surface area contributed by atoms with Gasteiger partial charge in [0.05, 0.1) is 24.0 Å². The maximum atomic E-state index is 13.6. The van der Waals surface area contributed by atoms with Crippen molar-refractivity contribution in [2.24, 2.45) is 23.7 Å². The highest BCUT2D eigenvalue weighted by Crippen LogP contribution is 2.50. The van der Waals surface area contributed by atoms with Crippen LogP contribution in [0.5, 0.6) is 0 Å². The van der Waals surface area contributed by atoms with Crippen LogP contribution in [0.2, 0.25) is 0 Å². The Bertz CT molecular complexity index is 1040. The molecule has 7 nitrogen and oxygen atoms in total. The second kappa shape index (κ2) is 6.61. The van der Waals surface area contributed by atoms with E-state index < -0.39 is 11.8 Å². The highest BCUT2D eigenvalue weighted by molar-refractivity contribution is 5.91. The number of carbonyl (C=O) groups is 1. The highest BCUT2D eigenvalue weighted by atomic mass is 19.1. The molecule has 144 valence electrons. The number of pyridine rings is 1. The van der Waals surface area contributed by atoms with Crippen LogP contribution in [-0.2, 0) is 11.2 Å². The van der Waals surface area contributed by atoms with Crippen LogP contribution in [0.3, 0.4) is 0 Å². The molecule has 3 fully saturated rings. The van der Waals surface area contributed by atoms with Gasteiger partial charge >= 0.3 is 5.97 Å². The smallest absolute Gasteiger partial charge is 0.307 e. The lowest BCUT2D eigenvalue weighted by Gasteiger charge is -2.46. The van der Waals surface area contributed by atoms with Crippen molar-refractivity contribution >= 4 is 17.0 Å². The van der Waals surface area contributed by atoms with Gasteiger partial charge in [0.15, 0.2) is 5.82 Å². The standard InChI is InChI=1S/C20H20FN5O2/c21-12-5-15-16(9-23-18(15)22-7-12)19-25-13(8-24-26-19)6-14-10-1-3-11(4-2-10)17(14)20(27)28/h5,7-11,14,17H,1-4,6H2,(H,22,23)(H,27,28)/t10?,11?,14-,17-/m1/s1. The zero-order valence-corrected chi connectivity index (χ0v) is 15.2. The van der Waals surface area contributed by atoms with E-state index in [1.165, 1.54) is 6.07 Å². The number of halogens is 1. The van der Waals surface area contributed by atoms with Crippen molar-refractivity contribution in [3.63, 3.8) is 0 Å². The van der Waals surface area contributed by atoms with Crippen LogP contribution in [0.4, 0.5) is 4.39 Å². The van der Waals surface area contributed by atoms with Crippen LogP contribution in [0.25, 0.3) is 22.4 Å². The first kappa shape index (κ1) is 17.2. The maximum Gasteiger partial charge on any atom is 0.307 e. The zero-order chi connectivity index (χ0) is 19.3. The lowest BCUT2D eigenvalue weighted by molar-refractivity contribution is -0.152. The number of nitrogens with one attached hydrogen (secondary N) is 1. The van der Waals surface area contributed by atoms with E-state index in [1.54, 1.807) is 12.4 Å². The predicted octanol–water partition coefficient (Wildman–Crippen LogP) is 3.23. The molecule has 28 heavy (non-hydrogen) atoms. The first-order valence-corrected chi connectivity index (χ1v) is 9.64. The molecule has 0 aromatic carbocycles. The van der Waals surface area contributed by atoms with Crippen molar-refractivity contribution in [1.82, 2.24) is 25.1 Å². The van der Waals surface area contributed by atoms with Crippen molar-refractivity contribution in [2.45, 2.75) is 32.1 Å². The zero-order valence-electron chi connectivity index (χ0n) is 15.2. The topological polar surface area (TPSA) is 105 Å². The van der Waals surface area contributed by atoms with E-state index in [0.29, 0.717) is 34.8 Å². The van der Waals surface area contributed by atoms with E-state index >= 15 is 0 Å². The summed E-state index contributed by atoms with van der Waals surface area (Å²) in [6.07, 6.45) is 9.26. The van der Waals surface area contributed by atoms with Crippen molar-refractivity contribution < 1.29 is 14.3 Å². The van der Waals surface area contributed by atoms with Crippen molar-refractivity contribution in [3.05, 3.63) is 36.2 Å². The average molecular weight is 381 g/mol. The van der Waals surface area contributed by atoms with Gasteiger partial charge in [-0.2, -0.15) is 5.10 Å². The minimum Gasteiger partial charge on any atom is -0.481 e. The lowest BCUT2D eigenvalue weighted by Crippen LogP contribution is -2.45. The van der Waals surface area contributed by atoms with E-state index in [9.17, 15) is 14.3 Å². The molecular formula is C20H20FN5O2. The van der Waals surface area contributed by atoms with E-state index in [4.69, 9.17) is 0 Å². The molecule has 0 spiro atoms. The number of fused-ring (bicyclic) bond motifs is 4. The molecule has 2 N–H and O–H groups in total. The largest absolute Gasteiger partial charge is 0.481 e. The molecule has 3 aliphatic carbocycles. The number of carboxylic acid groups (broad SMARTS) is 1. The second-order valence-electron chi connectivity index (χ2n) is 7.93. The summed E-state index contributed by atoms with van der Waals surface area (Å²) < 4.78 is 13.6. The first-order valence-electron chi connectivity index (χ1n) is 9.64. The Labute approximate surface area is 160 Å². The van der Waals surface area contributed by atoms with Gasteiger partial charge in [0, 0.05) is 17.1 Å². The molecule has 2 atom stereocenters. The summed E-state index contributed by atoms with van der Waals surface area (Å²) in [5, 5.41) is 18.5. The van der Waals surface area contributed by atoms with Crippen LogP contribution >= 0.6 is 0 Å². The van der Waals surface area contributed by atoms with Crippen LogP contribution in [0.15, 0.2) is 24.7 Å². The number of aromatic amines is 1. The summed E-state index contributed by atoms with van der Waals surface area (Å²) in [6.45, 7) is 0. The molecule has 0 radical (unpaired) electrons. The molecule has 0 aliphatic heterocycles. The molecule has 3 heterocycles. The normalized spacial score (nSPS) is 26.6. The monoisotopic (exact) mass is 381 g/mol. The predicted molar refractivity (Wildman–Crippen MR) is 98.6 cm³/mol. The Morgan fingerprint density at radius 2 is 2.00 bits per heavy atom. The number of carboxylic acids is 1. The molecule has 3 aromatic rings. The fraction of sp³-hybridized carbons (Fsp3) is 0.450. The minimum absolute atomic E-state index is 0.0802.